The molecule has 12 heteroatoms. The van der Waals surface area contributed by atoms with Crippen molar-refractivity contribution in [3.63, 3.8) is 0 Å². The number of halogens is 1. The van der Waals surface area contributed by atoms with Gasteiger partial charge in [0.05, 0.1) is 5.75 Å². The monoisotopic (exact) mass is 531 g/mol. The number of thiazole rings is 1. The van der Waals surface area contributed by atoms with Crippen molar-refractivity contribution in [3.8, 4) is 17.1 Å². The number of aromatic nitrogens is 5. The summed E-state index contributed by atoms with van der Waals surface area (Å²) in [6, 6.07) is 15.2. The summed E-state index contributed by atoms with van der Waals surface area (Å²) in [5.41, 5.74) is 1.92. The Balaban J connectivity index is 1.41. The number of H-pyrrole nitrogens is 1. The van der Waals surface area contributed by atoms with Crippen LogP contribution >= 0.6 is 58.7 Å². The first-order valence-corrected chi connectivity index (χ1v) is 13.3. The molecule has 166 valence electrons. The van der Waals surface area contributed by atoms with E-state index in [1.54, 1.807) is 28.5 Å². The molecular weight excluding hydrogens is 518 g/mol. The molecule has 7 nitrogen and oxygen atoms in total. The fourth-order valence-electron chi connectivity index (χ4n) is 3.08. The topological polar surface area (TPSA) is 89.6 Å². The smallest absolute Gasteiger partial charge is 0.271 e. The molecule has 5 rings (SSSR count). The molecule has 0 aliphatic rings. The molecule has 3 heterocycles. The maximum absolute atomic E-state index is 12.7. The van der Waals surface area contributed by atoms with Gasteiger partial charge >= 0.3 is 0 Å². The van der Waals surface area contributed by atoms with E-state index < -0.39 is 0 Å². The molecule has 0 unspecified atom stereocenters. The van der Waals surface area contributed by atoms with Crippen LogP contribution in [0.5, 0.6) is 0 Å². The average molecular weight is 532 g/mol. The SMILES string of the molecule is CSc1ccc(-c2noc(CSc3nc4c(sc(=S)n4-c4ccc(Cl)cc4)c(=O)[nH]3)n2)cc1. The van der Waals surface area contributed by atoms with Gasteiger partial charge in [0.2, 0.25) is 11.7 Å². The second kappa shape index (κ2) is 9.43. The molecule has 2 aromatic carbocycles. The van der Waals surface area contributed by atoms with Gasteiger partial charge in [-0.2, -0.15) is 4.98 Å². The van der Waals surface area contributed by atoms with Crippen LogP contribution in [0.4, 0.5) is 0 Å². The molecular formula is C21H14ClN5O2S4. The minimum absolute atomic E-state index is 0.244. The molecule has 0 atom stereocenters. The van der Waals surface area contributed by atoms with E-state index in [4.69, 9.17) is 28.3 Å². The van der Waals surface area contributed by atoms with E-state index in [9.17, 15) is 4.79 Å². The van der Waals surface area contributed by atoms with Crippen LogP contribution in [0.25, 0.3) is 27.4 Å². The van der Waals surface area contributed by atoms with Crippen LogP contribution in [-0.2, 0) is 5.75 Å². The van der Waals surface area contributed by atoms with E-state index in [0.29, 0.717) is 41.9 Å². The summed E-state index contributed by atoms with van der Waals surface area (Å²) in [4.78, 5) is 25.7. The maximum Gasteiger partial charge on any atom is 0.271 e. The summed E-state index contributed by atoms with van der Waals surface area (Å²) in [5, 5.41) is 5.11. The third-order valence-corrected chi connectivity index (χ3v) is 7.87. The van der Waals surface area contributed by atoms with Crippen LogP contribution in [0, 0.1) is 3.95 Å². The molecule has 1 N–H and O–H groups in total. The molecule has 0 saturated carbocycles. The van der Waals surface area contributed by atoms with Crippen LogP contribution < -0.4 is 5.56 Å². The summed E-state index contributed by atoms with van der Waals surface area (Å²) in [5.74, 6) is 1.31. The number of nitrogens with one attached hydrogen (secondary N) is 1. The molecule has 5 aromatic rings. The van der Waals surface area contributed by atoms with E-state index >= 15 is 0 Å². The Labute approximate surface area is 210 Å². The van der Waals surface area contributed by atoms with Gasteiger partial charge in [-0.05, 0) is 67.0 Å². The zero-order valence-corrected chi connectivity index (χ0v) is 21.0. The Kier molecular flexibility index (Phi) is 6.39. The number of benzene rings is 2. The average Bonchev–Trinajstić information content (AvgIpc) is 3.43. The van der Waals surface area contributed by atoms with Crippen molar-refractivity contribution in [1.29, 1.82) is 0 Å². The Bertz CT molecular complexity index is 1560. The van der Waals surface area contributed by atoms with Crippen molar-refractivity contribution >= 4 is 69.0 Å². The lowest BCUT2D eigenvalue weighted by Gasteiger charge is -2.05. The first-order valence-electron chi connectivity index (χ1n) is 9.53. The molecule has 0 fully saturated rings. The first kappa shape index (κ1) is 22.4. The zero-order chi connectivity index (χ0) is 22.9. The third-order valence-electron chi connectivity index (χ3n) is 4.65. The first-order chi connectivity index (χ1) is 16.0. The van der Waals surface area contributed by atoms with E-state index in [0.717, 1.165) is 16.1 Å². The number of fused-ring (bicyclic) bond motifs is 1. The van der Waals surface area contributed by atoms with E-state index in [2.05, 4.69) is 20.1 Å². The molecule has 0 amide bonds. The standard InChI is InChI=1S/C21H14ClN5O2S4/c1-31-14-8-2-11(3-9-14)17-23-15(29-26-17)10-32-20-24-18-16(19(28)25-20)33-21(30)27(18)13-6-4-12(22)5-7-13/h2-9H,10H2,1H3,(H,24,25,28). The van der Waals surface area contributed by atoms with E-state index in [1.165, 1.54) is 23.1 Å². The maximum atomic E-state index is 12.7. The third kappa shape index (κ3) is 4.64. The van der Waals surface area contributed by atoms with Gasteiger partial charge in [0, 0.05) is 21.2 Å². The summed E-state index contributed by atoms with van der Waals surface area (Å²) in [7, 11) is 0. The minimum atomic E-state index is -0.244. The number of thioether (sulfide) groups is 2. The van der Waals surface area contributed by atoms with E-state index in [1.807, 2.05) is 42.7 Å². The van der Waals surface area contributed by atoms with Crippen molar-refractivity contribution < 1.29 is 4.52 Å². The Morgan fingerprint density at radius 1 is 1.15 bits per heavy atom. The second-order valence-corrected chi connectivity index (χ2v) is 10.7. The van der Waals surface area contributed by atoms with Gasteiger partial charge in [-0.25, -0.2) is 4.98 Å². The summed E-state index contributed by atoms with van der Waals surface area (Å²) < 4.78 is 8.15. The number of aromatic amines is 1. The van der Waals surface area contributed by atoms with Crippen LogP contribution in [0.1, 0.15) is 5.89 Å². The molecule has 0 spiro atoms. The van der Waals surface area contributed by atoms with Gasteiger partial charge in [0.25, 0.3) is 5.56 Å². The lowest BCUT2D eigenvalue weighted by Crippen LogP contribution is -2.09. The number of nitrogens with zero attached hydrogens (tertiary/aromatic N) is 4. The molecule has 33 heavy (non-hydrogen) atoms. The fourth-order valence-corrected chi connectivity index (χ4v) is 5.58. The fraction of sp³-hybridized carbons (Fsp3) is 0.0952. The molecule has 0 aliphatic heterocycles. The lowest BCUT2D eigenvalue weighted by molar-refractivity contribution is 0.391. The Hall–Kier alpha value is -2.44. The number of hydrogen-bond donors (Lipinski definition) is 1. The van der Waals surface area contributed by atoms with Crippen LogP contribution in [0.2, 0.25) is 5.02 Å². The van der Waals surface area contributed by atoms with Gasteiger partial charge in [-0.15, -0.1) is 11.8 Å². The normalized spacial score (nSPS) is 11.3. The van der Waals surface area contributed by atoms with Gasteiger partial charge in [-0.1, -0.05) is 39.9 Å². The van der Waals surface area contributed by atoms with Crippen molar-refractivity contribution in [2.24, 2.45) is 0 Å². The molecule has 0 radical (unpaired) electrons. The van der Waals surface area contributed by atoms with Gasteiger partial charge in [-0.3, -0.25) is 9.36 Å². The summed E-state index contributed by atoms with van der Waals surface area (Å²) >= 11 is 15.7. The van der Waals surface area contributed by atoms with Crippen LogP contribution in [-0.4, -0.2) is 30.9 Å². The van der Waals surface area contributed by atoms with Crippen molar-refractivity contribution in [1.82, 2.24) is 24.7 Å². The predicted molar refractivity (Wildman–Crippen MR) is 136 cm³/mol. The van der Waals surface area contributed by atoms with Gasteiger partial charge in [0.15, 0.2) is 14.8 Å². The van der Waals surface area contributed by atoms with Crippen molar-refractivity contribution in [2.75, 3.05) is 6.26 Å². The highest BCUT2D eigenvalue weighted by molar-refractivity contribution is 7.98. The van der Waals surface area contributed by atoms with Crippen molar-refractivity contribution in [3.05, 3.63) is 73.8 Å². The Morgan fingerprint density at radius 3 is 2.64 bits per heavy atom. The predicted octanol–water partition coefficient (Wildman–Crippen LogP) is 6.22. The van der Waals surface area contributed by atoms with Gasteiger partial charge < -0.3 is 9.51 Å². The van der Waals surface area contributed by atoms with Gasteiger partial charge in [0.1, 0.15) is 4.70 Å². The van der Waals surface area contributed by atoms with Crippen molar-refractivity contribution in [2.45, 2.75) is 15.8 Å². The number of hydrogen-bond acceptors (Lipinski definition) is 9. The molecule has 0 saturated heterocycles. The minimum Gasteiger partial charge on any atom is -0.338 e. The molecule has 0 aliphatic carbocycles. The highest BCUT2D eigenvalue weighted by Crippen LogP contribution is 2.27. The largest absolute Gasteiger partial charge is 0.338 e. The Morgan fingerprint density at radius 2 is 1.91 bits per heavy atom. The highest BCUT2D eigenvalue weighted by Gasteiger charge is 2.15. The van der Waals surface area contributed by atoms with E-state index in [-0.39, 0.29) is 5.56 Å². The zero-order valence-electron chi connectivity index (χ0n) is 16.9. The quantitative estimate of drug-likeness (QED) is 0.157. The van der Waals surface area contributed by atoms with Crippen LogP contribution in [0.15, 0.2) is 67.9 Å². The second-order valence-electron chi connectivity index (χ2n) is 6.73. The molecule has 0 bridgehead atoms. The summed E-state index contributed by atoms with van der Waals surface area (Å²) in [6.45, 7) is 0. The lowest BCUT2D eigenvalue weighted by atomic mass is 10.2. The highest BCUT2D eigenvalue weighted by atomic mass is 35.5. The summed E-state index contributed by atoms with van der Waals surface area (Å²) in [6.07, 6.45) is 2.02. The number of rotatable bonds is 6. The van der Waals surface area contributed by atoms with Crippen LogP contribution in [0.3, 0.4) is 0 Å². The molecule has 3 aromatic heterocycles.